The quantitative estimate of drug-likeness (QED) is 0.425. The van der Waals surface area contributed by atoms with E-state index in [2.05, 4.69) is 32.9 Å². The average Bonchev–Trinajstić information content (AvgIpc) is 2.76. The molecule has 1 heterocycles. The summed E-state index contributed by atoms with van der Waals surface area (Å²) in [7, 11) is 4.34. The SMILES string of the molecule is C=C1CCC[C@]2(C)C[C@H]3OC(=O)[C@H](C[NH2+]CC[NH+](C)C)[C@H]3C[C@H]12. The summed E-state index contributed by atoms with van der Waals surface area (Å²) in [5, 5.41) is 2.31. The molecule has 2 saturated carbocycles. The molecule has 4 heteroatoms. The van der Waals surface area contributed by atoms with Crippen molar-refractivity contribution in [3.05, 3.63) is 12.2 Å². The Bertz CT molecular complexity index is 476. The van der Waals surface area contributed by atoms with E-state index in [4.69, 9.17) is 4.74 Å². The van der Waals surface area contributed by atoms with Crippen molar-refractivity contribution >= 4 is 5.97 Å². The lowest BCUT2D eigenvalue weighted by Gasteiger charge is -2.49. The molecule has 0 spiro atoms. The zero-order valence-corrected chi connectivity index (χ0v) is 15.1. The second-order valence-corrected chi connectivity index (χ2v) is 8.67. The standard InChI is InChI=1S/C19H32N2O2/c1-13-6-5-7-19(2)11-17-14(10-16(13)19)15(18(22)23-17)12-20-8-9-21(3)4/h14-17,20H,1,5-12H2,2-4H3/p+2/t14-,15-,16-,17-,19-/m1/s1. The van der Waals surface area contributed by atoms with Gasteiger partial charge in [-0.1, -0.05) is 19.1 Å². The number of nitrogens with two attached hydrogens (primary N) is 1. The maximum atomic E-state index is 12.4. The van der Waals surface area contributed by atoms with Crippen molar-refractivity contribution in [2.75, 3.05) is 33.7 Å². The van der Waals surface area contributed by atoms with Crippen molar-refractivity contribution in [2.45, 2.75) is 45.1 Å². The molecular weight excluding hydrogens is 288 g/mol. The molecule has 0 aromatic carbocycles. The van der Waals surface area contributed by atoms with Crippen LogP contribution in [0.1, 0.15) is 39.0 Å². The first-order chi connectivity index (χ1) is 10.9. The zero-order valence-electron chi connectivity index (χ0n) is 15.1. The molecule has 0 radical (unpaired) electrons. The number of quaternary nitrogens is 2. The summed E-state index contributed by atoms with van der Waals surface area (Å²) in [5.41, 5.74) is 1.74. The van der Waals surface area contributed by atoms with Gasteiger partial charge in [-0.25, -0.2) is 0 Å². The molecular formula is C19H34N2O2+2. The van der Waals surface area contributed by atoms with Gasteiger partial charge in [-0.2, -0.15) is 0 Å². The summed E-state index contributed by atoms with van der Waals surface area (Å²) in [5.74, 6) is 1.16. The molecule has 0 unspecified atom stereocenters. The van der Waals surface area contributed by atoms with E-state index in [0.29, 0.717) is 17.3 Å². The topological polar surface area (TPSA) is 47.3 Å². The number of allylic oxidation sites excluding steroid dienone is 1. The Morgan fingerprint density at radius 1 is 1.43 bits per heavy atom. The van der Waals surface area contributed by atoms with Crippen LogP contribution in [0.15, 0.2) is 12.2 Å². The van der Waals surface area contributed by atoms with Gasteiger partial charge in [-0.3, -0.25) is 4.79 Å². The minimum Gasteiger partial charge on any atom is -0.462 e. The largest absolute Gasteiger partial charge is 0.462 e. The van der Waals surface area contributed by atoms with E-state index < -0.39 is 0 Å². The van der Waals surface area contributed by atoms with Gasteiger partial charge in [0.2, 0.25) is 0 Å². The Labute approximate surface area is 140 Å². The first-order valence-corrected chi connectivity index (χ1v) is 9.39. The zero-order chi connectivity index (χ0) is 16.6. The summed E-state index contributed by atoms with van der Waals surface area (Å²) in [4.78, 5) is 13.8. The van der Waals surface area contributed by atoms with Crippen molar-refractivity contribution in [2.24, 2.45) is 23.2 Å². The van der Waals surface area contributed by atoms with Gasteiger partial charge in [0.25, 0.3) is 0 Å². The molecule has 1 aliphatic heterocycles. The van der Waals surface area contributed by atoms with Crippen molar-refractivity contribution < 1.29 is 19.7 Å². The third-order valence-corrected chi connectivity index (χ3v) is 6.59. The van der Waals surface area contributed by atoms with Gasteiger partial charge in [0, 0.05) is 5.92 Å². The third kappa shape index (κ3) is 3.34. The van der Waals surface area contributed by atoms with Crippen LogP contribution < -0.4 is 10.2 Å². The lowest BCUT2D eigenvalue weighted by molar-refractivity contribution is -0.874. The Kier molecular flexibility index (Phi) is 4.84. The lowest BCUT2D eigenvalue weighted by atomic mass is 9.55. The Morgan fingerprint density at radius 3 is 2.96 bits per heavy atom. The predicted molar refractivity (Wildman–Crippen MR) is 90.0 cm³/mol. The number of ether oxygens (including phenoxy) is 1. The number of rotatable bonds is 5. The number of carbonyl (C=O) groups is 1. The fourth-order valence-electron chi connectivity index (χ4n) is 5.21. The number of hydrogen-bond acceptors (Lipinski definition) is 2. The van der Waals surface area contributed by atoms with E-state index >= 15 is 0 Å². The number of carbonyl (C=O) groups excluding carboxylic acids is 1. The number of likely N-dealkylation sites (N-methyl/N-ethyl adjacent to an activating group) is 1. The highest BCUT2D eigenvalue weighted by molar-refractivity contribution is 5.75. The van der Waals surface area contributed by atoms with Crippen LogP contribution in [0.3, 0.4) is 0 Å². The third-order valence-electron chi connectivity index (χ3n) is 6.59. The molecule has 23 heavy (non-hydrogen) atoms. The predicted octanol–water partition coefficient (Wildman–Crippen LogP) is 0.00850. The van der Waals surface area contributed by atoms with Crippen LogP contribution in [0.4, 0.5) is 0 Å². The van der Waals surface area contributed by atoms with Gasteiger partial charge in [0.05, 0.1) is 20.6 Å². The van der Waals surface area contributed by atoms with Gasteiger partial charge in [0.15, 0.2) is 0 Å². The molecule has 0 aromatic heterocycles. The Morgan fingerprint density at radius 2 is 2.22 bits per heavy atom. The van der Waals surface area contributed by atoms with E-state index in [-0.39, 0.29) is 18.0 Å². The first kappa shape index (κ1) is 17.0. The maximum absolute atomic E-state index is 12.4. The van der Waals surface area contributed by atoms with Crippen molar-refractivity contribution in [1.82, 2.24) is 0 Å². The van der Waals surface area contributed by atoms with Crippen LogP contribution >= 0.6 is 0 Å². The second kappa shape index (κ2) is 6.56. The smallest absolute Gasteiger partial charge is 0.315 e. The summed E-state index contributed by atoms with van der Waals surface area (Å²) >= 11 is 0. The van der Waals surface area contributed by atoms with Gasteiger partial charge in [0.1, 0.15) is 25.1 Å². The van der Waals surface area contributed by atoms with E-state index in [9.17, 15) is 4.79 Å². The Hall–Kier alpha value is -0.870. The molecule has 5 atom stereocenters. The molecule has 130 valence electrons. The fourth-order valence-corrected chi connectivity index (χ4v) is 5.21. The van der Waals surface area contributed by atoms with Gasteiger partial charge in [-0.15, -0.1) is 0 Å². The minimum absolute atomic E-state index is 0.0568. The summed E-state index contributed by atoms with van der Waals surface area (Å²) in [6, 6.07) is 0. The molecule has 3 fully saturated rings. The number of esters is 1. The van der Waals surface area contributed by atoms with Crippen LogP contribution in [0.5, 0.6) is 0 Å². The first-order valence-electron chi connectivity index (χ1n) is 9.39. The van der Waals surface area contributed by atoms with Crippen LogP contribution in [0.25, 0.3) is 0 Å². The minimum atomic E-state index is 0.0568. The number of nitrogens with one attached hydrogen (secondary N) is 1. The number of hydrogen-bond donors (Lipinski definition) is 2. The van der Waals surface area contributed by atoms with Crippen molar-refractivity contribution in [3.63, 3.8) is 0 Å². The highest BCUT2D eigenvalue weighted by Gasteiger charge is 2.55. The van der Waals surface area contributed by atoms with Crippen LogP contribution in [-0.4, -0.2) is 45.8 Å². The fraction of sp³-hybridized carbons (Fsp3) is 0.842. The van der Waals surface area contributed by atoms with E-state index in [1.807, 2.05) is 0 Å². The summed E-state index contributed by atoms with van der Waals surface area (Å²) < 4.78 is 5.81. The monoisotopic (exact) mass is 322 g/mol. The van der Waals surface area contributed by atoms with Gasteiger partial charge in [-0.05, 0) is 43.4 Å². The molecule has 3 aliphatic rings. The molecule has 1 saturated heterocycles. The highest BCUT2D eigenvalue weighted by atomic mass is 16.6. The summed E-state index contributed by atoms with van der Waals surface area (Å²) in [6.07, 6.45) is 6.01. The molecule has 0 aromatic rings. The average molecular weight is 322 g/mol. The van der Waals surface area contributed by atoms with Crippen LogP contribution in [0.2, 0.25) is 0 Å². The van der Waals surface area contributed by atoms with Crippen molar-refractivity contribution in [1.29, 1.82) is 0 Å². The molecule has 2 aliphatic carbocycles. The molecule has 0 bridgehead atoms. The lowest BCUT2D eigenvalue weighted by Crippen LogP contribution is -3.09. The summed E-state index contributed by atoms with van der Waals surface area (Å²) in [6.45, 7) is 9.86. The second-order valence-electron chi connectivity index (χ2n) is 8.67. The number of fused-ring (bicyclic) bond motifs is 2. The molecule has 4 nitrogen and oxygen atoms in total. The van der Waals surface area contributed by atoms with E-state index in [1.165, 1.54) is 29.7 Å². The van der Waals surface area contributed by atoms with Crippen molar-refractivity contribution in [3.8, 4) is 0 Å². The molecule has 0 amide bonds. The van der Waals surface area contributed by atoms with Gasteiger partial charge < -0.3 is 15.0 Å². The van der Waals surface area contributed by atoms with E-state index in [1.54, 1.807) is 0 Å². The highest BCUT2D eigenvalue weighted by Crippen LogP contribution is 2.56. The molecule has 3 rings (SSSR count). The maximum Gasteiger partial charge on any atom is 0.315 e. The van der Waals surface area contributed by atoms with Crippen LogP contribution in [0, 0.1) is 23.2 Å². The van der Waals surface area contributed by atoms with Crippen LogP contribution in [-0.2, 0) is 9.53 Å². The van der Waals surface area contributed by atoms with Gasteiger partial charge >= 0.3 is 5.97 Å². The molecule has 3 N–H and O–H groups in total. The van der Waals surface area contributed by atoms with E-state index in [0.717, 1.165) is 32.5 Å². The Balaban J connectivity index is 1.64. The normalized spacial score (nSPS) is 40.0.